The Hall–Kier alpha value is -1.18. The van der Waals surface area contributed by atoms with Gasteiger partial charge in [-0.3, -0.25) is 0 Å². The molecule has 0 aromatic heterocycles. The monoisotopic (exact) mass is 250 g/mol. The van der Waals surface area contributed by atoms with Crippen molar-refractivity contribution in [2.24, 2.45) is 0 Å². The lowest BCUT2D eigenvalue weighted by atomic mass is 10.2. The van der Waals surface area contributed by atoms with Crippen LogP contribution in [0.25, 0.3) is 0 Å². The first-order valence-electron chi connectivity index (χ1n) is 5.58. The highest BCUT2D eigenvalue weighted by Gasteiger charge is 1.99. The Balaban J connectivity index is 2.33. The SMILES string of the molecule is CSC(C)CNCc1ccc(OCC#N)cc1. The summed E-state index contributed by atoms with van der Waals surface area (Å²) in [5.74, 6) is 0.743. The van der Waals surface area contributed by atoms with Crippen molar-refractivity contribution < 1.29 is 4.74 Å². The Morgan fingerprint density at radius 3 is 2.71 bits per heavy atom. The van der Waals surface area contributed by atoms with Crippen molar-refractivity contribution >= 4 is 11.8 Å². The van der Waals surface area contributed by atoms with E-state index < -0.39 is 0 Å². The molecule has 1 atom stereocenters. The van der Waals surface area contributed by atoms with Gasteiger partial charge < -0.3 is 10.1 Å². The van der Waals surface area contributed by atoms with Crippen LogP contribution in [0.1, 0.15) is 12.5 Å². The minimum absolute atomic E-state index is 0.100. The van der Waals surface area contributed by atoms with Crippen LogP contribution in [0, 0.1) is 11.3 Å². The number of thioether (sulfide) groups is 1. The molecule has 0 saturated carbocycles. The lowest BCUT2D eigenvalue weighted by Gasteiger charge is -2.10. The summed E-state index contributed by atoms with van der Waals surface area (Å²) < 4.78 is 5.19. The molecule has 1 aromatic carbocycles. The van der Waals surface area contributed by atoms with Gasteiger partial charge in [0.15, 0.2) is 6.61 Å². The highest BCUT2D eigenvalue weighted by Crippen LogP contribution is 2.12. The molecule has 0 aliphatic rings. The third-order valence-corrected chi connectivity index (χ3v) is 3.36. The maximum absolute atomic E-state index is 8.39. The summed E-state index contributed by atoms with van der Waals surface area (Å²) in [7, 11) is 0. The summed E-state index contributed by atoms with van der Waals surface area (Å²) in [6, 6.07) is 9.77. The number of nitrogens with one attached hydrogen (secondary N) is 1. The van der Waals surface area contributed by atoms with Crippen LogP contribution < -0.4 is 10.1 Å². The fourth-order valence-electron chi connectivity index (χ4n) is 1.32. The van der Waals surface area contributed by atoms with Crippen LogP contribution in [0.5, 0.6) is 5.75 Å². The number of rotatable bonds is 7. The summed E-state index contributed by atoms with van der Waals surface area (Å²) in [4.78, 5) is 0. The number of hydrogen-bond acceptors (Lipinski definition) is 4. The molecule has 0 aliphatic carbocycles. The molecule has 1 N–H and O–H groups in total. The Labute approximate surface area is 107 Å². The zero-order valence-corrected chi connectivity index (χ0v) is 11.1. The topological polar surface area (TPSA) is 45.0 Å². The summed E-state index contributed by atoms with van der Waals surface area (Å²) >= 11 is 1.86. The standard InChI is InChI=1S/C13H18N2OS/c1-11(17-2)9-15-10-12-3-5-13(6-4-12)16-8-7-14/h3-6,11,15H,8-10H2,1-2H3. The third kappa shape index (κ3) is 5.62. The minimum Gasteiger partial charge on any atom is -0.479 e. The highest BCUT2D eigenvalue weighted by atomic mass is 32.2. The molecule has 92 valence electrons. The largest absolute Gasteiger partial charge is 0.479 e. The predicted octanol–water partition coefficient (Wildman–Crippen LogP) is 2.43. The molecule has 0 saturated heterocycles. The molecule has 0 heterocycles. The van der Waals surface area contributed by atoms with Crippen LogP contribution in [0.15, 0.2) is 24.3 Å². The molecule has 0 bridgehead atoms. The third-order valence-electron chi connectivity index (χ3n) is 2.39. The van der Waals surface area contributed by atoms with Crippen molar-refractivity contribution in [1.82, 2.24) is 5.32 Å². The minimum atomic E-state index is 0.100. The van der Waals surface area contributed by atoms with Gasteiger partial charge in [-0.2, -0.15) is 17.0 Å². The number of nitriles is 1. The molecule has 0 radical (unpaired) electrons. The van der Waals surface area contributed by atoms with E-state index in [4.69, 9.17) is 10.00 Å². The van der Waals surface area contributed by atoms with Crippen LogP contribution >= 0.6 is 11.8 Å². The van der Waals surface area contributed by atoms with Gasteiger partial charge in [0.25, 0.3) is 0 Å². The Bertz CT molecular complexity index is 359. The Morgan fingerprint density at radius 2 is 2.12 bits per heavy atom. The van der Waals surface area contributed by atoms with Gasteiger partial charge in [0.2, 0.25) is 0 Å². The molecule has 4 heteroatoms. The highest BCUT2D eigenvalue weighted by molar-refractivity contribution is 7.99. The summed E-state index contributed by atoms with van der Waals surface area (Å²) in [6.45, 7) is 4.18. The number of hydrogen-bond donors (Lipinski definition) is 1. The van der Waals surface area contributed by atoms with Crippen molar-refractivity contribution in [2.45, 2.75) is 18.7 Å². The van der Waals surface area contributed by atoms with E-state index >= 15 is 0 Å². The van der Waals surface area contributed by atoms with E-state index in [0.717, 1.165) is 18.8 Å². The van der Waals surface area contributed by atoms with Gasteiger partial charge in [-0.25, -0.2) is 0 Å². The van der Waals surface area contributed by atoms with E-state index in [9.17, 15) is 0 Å². The second kappa shape index (κ2) is 7.99. The van der Waals surface area contributed by atoms with Gasteiger partial charge in [0, 0.05) is 18.3 Å². The van der Waals surface area contributed by atoms with Crippen LogP contribution in [0.2, 0.25) is 0 Å². The smallest absolute Gasteiger partial charge is 0.174 e. The molecule has 1 aromatic rings. The quantitative estimate of drug-likeness (QED) is 0.807. The van der Waals surface area contributed by atoms with Crippen LogP contribution in [0.4, 0.5) is 0 Å². The molecule has 0 fully saturated rings. The molecule has 1 rings (SSSR count). The second-order valence-electron chi connectivity index (χ2n) is 3.77. The van der Waals surface area contributed by atoms with Crippen molar-refractivity contribution in [3.05, 3.63) is 29.8 Å². The summed E-state index contributed by atoms with van der Waals surface area (Å²) in [6.07, 6.45) is 2.12. The summed E-state index contributed by atoms with van der Waals surface area (Å²) in [5.41, 5.74) is 1.22. The molecule has 17 heavy (non-hydrogen) atoms. The molecule has 3 nitrogen and oxygen atoms in total. The lowest BCUT2D eigenvalue weighted by molar-refractivity contribution is 0.368. The van der Waals surface area contributed by atoms with Crippen LogP contribution in [-0.4, -0.2) is 24.7 Å². The summed E-state index contributed by atoms with van der Waals surface area (Å²) in [5, 5.41) is 12.4. The van der Waals surface area contributed by atoms with Crippen molar-refractivity contribution in [2.75, 3.05) is 19.4 Å². The molecule has 0 amide bonds. The van der Waals surface area contributed by atoms with Gasteiger partial charge in [-0.15, -0.1) is 0 Å². The maximum atomic E-state index is 8.39. The van der Waals surface area contributed by atoms with Crippen molar-refractivity contribution in [3.63, 3.8) is 0 Å². The molecular formula is C13H18N2OS. The van der Waals surface area contributed by atoms with Crippen LogP contribution in [0.3, 0.4) is 0 Å². The van der Waals surface area contributed by atoms with E-state index in [2.05, 4.69) is 18.5 Å². The first kappa shape index (κ1) is 13.9. The van der Waals surface area contributed by atoms with E-state index in [1.807, 2.05) is 42.1 Å². The van der Waals surface area contributed by atoms with Gasteiger partial charge >= 0.3 is 0 Å². The maximum Gasteiger partial charge on any atom is 0.174 e. The first-order valence-corrected chi connectivity index (χ1v) is 6.87. The number of ether oxygens (including phenoxy) is 1. The number of nitrogens with zero attached hydrogens (tertiary/aromatic N) is 1. The fourth-order valence-corrected chi connectivity index (χ4v) is 1.61. The van der Waals surface area contributed by atoms with E-state index in [1.54, 1.807) is 0 Å². The first-order chi connectivity index (χ1) is 8.26. The van der Waals surface area contributed by atoms with Gasteiger partial charge in [0.1, 0.15) is 11.8 Å². The zero-order chi connectivity index (χ0) is 12.5. The second-order valence-corrected chi connectivity index (χ2v) is 5.04. The van der Waals surface area contributed by atoms with Gasteiger partial charge in [-0.05, 0) is 24.0 Å². The van der Waals surface area contributed by atoms with E-state index in [-0.39, 0.29) is 6.61 Å². The molecule has 0 aliphatic heterocycles. The van der Waals surface area contributed by atoms with E-state index in [0.29, 0.717) is 5.25 Å². The van der Waals surface area contributed by atoms with Crippen molar-refractivity contribution in [3.8, 4) is 11.8 Å². The van der Waals surface area contributed by atoms with E-state index in [1.165, 1.54) is 5.56 Å². The van der Waals surface area contributed by atoms with Crippen molar-refractivity contribution in [1.29, 1.82) is 5.26 Å². The number of benzene rings is 1. The molecule has 0 spiro atoms. The predicted molar refractivity (Wildman–Crippen MR) is 72.2 cm³/mol. The molecular weight excluding hydrogens is 232 g/mol. The van der Waals surface area contributed by atoms with Gasteiger partial charge in [0.05, 0.1) is 0 Å². The van der Waals surface area contributed by atoms with Crippen LogP contribution in [-0.2, 0) is 6.54 Å². The normalized spacial score (nSPS) is 11.8. The average Bonchev–Trinajstić information content (AvgIpc) is 2.37. The molecule has 1 unspecified atom stereocenters. The lowest BCUT2D eigenvalue weighted by Crippen LogP contribution is -2.21. The van der Waals surface area contributed by atoms with Gasteiger partial charge in [-0.1, -0.05) is 19.1 Å². The average molecular weight is 250 g/mol. The Morgan fingerprint density at radius 1 is 1.41 bits per heavy atom. The zero-order valence-electron chi connectivity index (χ0n) is 10.3. The fraction of sp³-hybridized carbons (Fsp3) is 0.462. The Kier molecular flexibility index (Phi) is 6.53.